The van der Waals surface area contributed by atoms with E-state index in [1.807, 2.05) is 4.90 Å². The first-order valence-electron chi connectivity index (χ1n) is 7.57. The third-order valence-electron chi connectivity index (χ3n) is 4.89. The number of rotatable bonds is 5. The summed E-state index contributed by atoms with van der Waals surface area (Å²) in [6.45, 7) is 6.42. The number of hydrogen-bond donors (Lipinski definition) is 3. The number of urea groups is 1. The third-order valence-corrected chi connectivity index (χ3v) is 4.89. The Kier molecular flexibility index (Phi) is 6.58. The summed E-state index contributed by atoms with van der Waals surface area (Å²) in [5, 5.41) is 14.3. The molecule has 0 bridgehead atoms. The fourth-order valence-electron chi connectivity index (χ4n) is 3.56. The molecule has 8 heteroatoms. The van der Waals surface area contributed by atoms with Gasteiger partial charge in [0.1, 0.15) is 0 Å². The molecule has 0 aromatic heterocycles. The van der Waals surface area contributed by atoms with Gasteiger partial charge in [-0.3, -0.25) is 19.8 Å². The minimum Gasteiger partial charge on any atom is -0.481 e. The number of nitrogens with one attached hydrogen (secondary N) is 2. The first-order chi connectivity index (χ1) is 10.4. The number of nitrogens with zero attached hydrogens (tertiary/aromatic N) is 1. The minimum atomic E-state index is -0.770. The molecular weight excluding hydrogens is 322 g/mol. The second-order valence-electron chi connectivity index (χ2n) is 6.14. The van der Waals surface area contributed by atoms with Gasteiger partial charge < -0.3 is 10.4 Å². The maximum absolute atomic E-state index is 12.1. The van der Waals surface area contributed by atoms with Crippen LogP contribution in [0.15, 0.2) is 12.7 Å². The van der Waals surface area contributed by atoms with Gasteiger partial charge in [0, 0.05) is 19.6 Å². The van der Waals surface area contributed by atoms with E-state index in [9.17, 15) is 19.5 Å². The summed E-state index contributed by atoms with van der Waals surface area (Å²) in [6.07, 6.45) is 4.00. The van der Waals surface area contributed by atoms with Gasteiger partial charge in [0.2, 0.25) is 5.91 Å². The maximum Gasteiger partial charge on any atom is 0.321 e. The molecule has 2 aliphatic rings. The molecule has 0 radical (unpaired) electrons. The van der Waals surface area contributed by atoms with Crippen LogP contribution in [0.5, 0.6) is 0 Å². The van der Waals surface area contributed by atoms with Crippen LogP contribution in [0.2, 0.25) is 0 Å². The molecule has 23 heavy (non-hydrogen) atoms. The largest absolute Gasteiger partial charge is 0.481 e. The molecule has 1 saturated heterocycles. The van der Waals surface area contributed by atoms with E-state index in [4.69, 9.17) is 0 Å². The molecule has 2 fully saturated rings. The lowest BCUT2D eigenvalue weighted by Gasteiger charge is -2.26. The van der Waals surface area contributed by atoms with Crippen LogP contribution < -0.4 is 10.6 Å². The van der Waals surface area contributed by atoms with Crippen molar-refractivity contribution in [2.24, 2.45) is 11.3 Å². The Morgan fingerprint density at radius 1 is 1.48 bits per heavy atom. The molecule has 0 spiro atoms. The number of carbonyl (C=O) groups excluding carboxylic acids is 2. The zero-order valence-electron chi connectivity index (χ0n) is 13.2. The van der Waals surface area contributed by atoms with Crippen molar-refractivity contribution >= 4 is 30.3 Å². The Morgan fingerprint density at radius 2 is 2.17 bits per heavy atom. The number of likely N-dealkylation sites (tertiary alicyclic amines) is 1. The zero-order valence-corrected chi connectivity index (χ0v) is 14.0. The molecule has 1 aliphatic heterocycles. The van der Waals surface area contributed by atoms with Crippen molar-refractivity contribution in [3.05, 3.63) is 12.7 Å². The lowest BCUT2D eigenvalue weighted by atomic mass is 9.81. The molecule has 1 heterocycles. The zero-order chi connectivity index (χ0) is 16.3. The molecular formula is C15H24ClN3O4. The fraction of sp³-hybridized carbons (Fsp3) is 0.667. The third kappa shape index (κ3) is 3.84. The molecule has 3 atom stereocenters. The Hall–Kier alpha value is -1.60. The van der Waals surface area contributed by atoms with Crippen molar-refractivity contribution in [3.63, 3.8) is 0 Å². The van der Waals surface area contributed by atoms with E-state index in [-0.39, 0.29) is 24.9 Å². The Morgan fingerprint density at radius 3 is 2.74 bits per heavy atom. The van der Waals surface area contributed by atoms with Crippen molar-refractivity contribution < 1.29 is 19.5 Å². The number of carboxylic acids is 1. The minimum absolute atomic E-state index is 0. The highest BCUT2D eigenvalue weighted by Gasteiger charge is 2.55. The molecule has 1 aliphatic carbocycles. The normalized spacial score (nSPS) is 27.4. The van der Waals surface area contributed by atoms with Gasteiger partial charge >= 0.3 is 12.0 Å². The predicted octanol–water partition coefficient (Wildman–Crippen LogP) is 0.995. The summed E-state index contributed by atoms with van der Waals surface area (Å²) >= 11 is 0. The number of aliphatic carboxylic acids is 1. The van der Waals surface area contributed by atoms with Gasteiger partial charge in [-0.1, -0.05) is 12.5 Å². The summed E-state index contributed by atoms with van der Waals surface area (Å²) in [5.74, 6) is -1.09. The van der Waals surface area contributed by atoms with Crippen LogP contribution >= 0.6 is 12.4 Å². The molecule has 0 aromatic carbocycles. The topological polar surface area (TPSA) is 98.7 Å². The van der Waals surface area contributed by atoms with E-state index in [0.717, 1.165) is 12.8 Å². The highest BCUT2D eigenvalue weighted by atomic mass is 35.5. The number of carbonyl (C=O) groups is 3. The highest BCUT2D eigenvalue weighted by Crippen LogP contribution is 2.49. The van der Waals surface area contributed by atoms with E-state index in [2.05, 4.69) is 17.2 Å². The number of amides is 3. The lowest BCUT2D eigenvalue weighted by Crippen LogP contribution is -2.49. The van der Waals surface area contributed by atoms with Gasteiger partial charge in [0.05, 0.1) is 11.5 Å². The van der Waals surface area contributed by atoms with Gasteiger partial charge in [-0.25, -0.2) is 4.79 Å². The maximum atomic E-state index is 12.1. The Balaban J connectivity index is 0.00000264. The van der Waals surface area contributed by atoms with E-state index >= 15 is 0 Å². The SMILES string of the molecule is C=CCNC(=O)NC(=O)C(C)N1C[C@@H]2CCC[C@@]2(C(=O)O)C1.Cl. The standard InChI is InChI=1S/C15H23N3O4.ClH/c1-3-7-16-14(22)17-12(19)10(2)18-8-11-5-4-6-15(11,9-18)13(20)21;/h3,10-11H,1,4-9H2,2H3,(H,20,21)(H2,16,17,19,22);1H/t10?,11-,15+;/m0./s1. The Bertz CT molecular complexity index is 499. The van der Waals surface area contributed by atoms with Crippen LogP contribution in [0.4, 0.5) is 4.79 Å². The monoisotopic (exact) mass is 345 g/mol. The smallest absolute Gasteiger partial charge is 0.321 e. The van der Waals surface area contributed by atoms with Gasteiger partial charge in [0.15, 0.2) is 0 Å². The summed E-state index contributed by atoms with van der Waals surface area (Å²) in [6, 6.07) is -1.10. The number of halogens is 1. The lowest BCUT2D eigenvalue weighted by molar-refractivity contribution is -0.149. The van der Waals surface area contributed by atoms with Crippen LogP contribution in [0.3, 0.4) is 0 Å². The van der Waals surface area contributed by atoms with E-state index in [1.165, 1.54) is 6.08 Å². The van der Waals surface area contributed by atoms with E-state index in [0.29, 0.717) is 19.5 Å². The average molecular weight is 346 g/mol. The van der Waals surface area contributed by atoms with Gasteiger partial charge in [-0.05, 0) is 25.7 Å². The number of fused-ring (bicyclic) bond motifs is 1. The van der Waals surface area contributed by atoms with Crippen molar-refractivity contribution in [2.45, 2.75) is 32.2 Å². The average Bonchev–Trinajstić information content (AvgIpc) is 3.01. The van der Waals surface area contributed by atoms with E-state index in [1.54, 1.807) is 6.92 Å². The molecule has 3 amide bonds. The highest BCUT2D eigenvalue weighted by molar-refractivity contribution is 5.96. The van der Waals surface area contributed by atoms with Gasteiger partial charge in [0.25, 0.3) is 0 Å². The molecule has 3 N–H and O–H groups in total. The summed E-state index contributed by atoms with van der Waals surface area (Å²) in [5.41, 5.74) is -0.723. The van der Waals surface area contributed by atoms with Gasteiger partial charge in [-0.15, -0.1) is 19.0 Å². The van der Waals surface area contributed by atoms with E-state index < -0.39 is 29.4 Å². The predicted molar refractivity (Wildman–Crippen MR) is 87.4 cm³/mol. The van der Waals surface area contributed by atoms with Crippen molar-refractivity contribution in [3.8, 4) is 0 Å². The van der Waals surface area contributed by atoms with Crippen molar-refractivity contribution in [1.82, 2.24) is 15.5 Å². The van der Waals surface area contributed by atoms with Crippen molar-refractivity contribution in [1.29, 1.82) is 0 Å². The second-order valence-corrected chi connectivity index (χ2v) is 6.14. The Labute approximate surface area is 141 Å². The van der Waals surface area contributed by atoms with Crippen LogP contribution in [0.1, 0.15) is 26.2 Å². The number of imide groups is 1. The number of carboxylic acid groups (broad SMARTS) is 1. The van der Waals surface area contributed by atoms with Crippen LogP contribution in [-0.4, -0.2) is 53.6 Å². The molecule has 0 aromatic rings. The molecule has 130 valence electrons. The second kappa shape index (κ2) is 7.79. The molecule has 2 rings (SSSR count). The molecule has 1 unspecified atom stereocenters. The van der Waals surface area contributed by atoms with Gasteiger partial charge in [-0.2, -0.15) is 0 Å². The summed E-state index contributed by atoms with van der Waals surface area (Å²) < 4.78 is 0. The molecule has 1 saturated carbocycles. The van der Waals surface area contributed by atoms with Crippen LogP contribution in [0, 0.1) is 11.3 Å². The first-order valence-corrected chi connectivity index (χ1v) is 7.57. The number of hydrogen-bond acceptors (Lipinski definition) is 4. The summed E-state index contributed by atoms with van der Waals surface area (Å²) in [7, 11) is 0. The summed E-state index contributed by atoms with van der Waals surface area (Å²) in [4.78, 5) is 37.1. The quantitative estimate of drug-likeness (QED) is 0.645. The fourth-order valence-corrected chi connectivity index (χ4v) is 3.56. The van der Waals surface area contributed by atoms with Crippen LogP contribution in [-0.2, 0) is 9.59 Å². The molecule has 7 nitrogen and oxygen atoms in total. The van der Waals surface area contributed by atoms with Crippen molar-refractivity contribution in [2.75, 3.05) is 19.6 Å². The van der Waals surface area contributed by atoms with Crippen LogP contribution in [0.25, 0.3) is 0 Å². The first kappa shape index (κ1) is 19.4.